The van der Waals surface area contributed by atoms with Crippen LogP contribution in [0.3, 0.4) is 0 Å². The average molecular weight is 503 g/mol. The van der Waals surface area contributed by atoms with Crippen molar-refractivity contribution in [3.63, 3.8) is 0 Å². The van der Waals surface area contributed by atoms with Crippen LogP contribution in [0.1, 0.15) is 12.5 Å². The van der Waals surface area contributed by atoms with Gasteiger partial charge in [-0.15, -0.1) is 0 Å². The molecule has 0 N–H and O–H groups in total. The van der Waals surface area contributed by atoms with E-state index in [-0.39, 0.29) is 5.91 Å². The standard InChI is InChI=1S/C26H19ClN4OS2/c1-17-21(14-18-8-3-2-4-9-18)26(31(29-17)20-11-7-10-19(27)15-20)30(24(32)16-33-26)25-28-22-12-5-6-13-23(22)34-25/h2-15H,16H2,1H3/b21-14-. The highest BCUT2D eigenvalue weighted by atomic mass is 35.5. The molecule has 3 aromatic carbocycles. The molecule has 2 aliphatic rings. The first kappa shape index (κ1) is 21.4. The second-order valence-corrected chi connectivity index (χ2v) is 10.6. The van der Waals surface area contributed by atoms with Crippen LogP contribution in [-0.2, 0) is 4.79 Å². The highest BCUT2D eigenvalue weighted by molar-refractivity contribution is 8.02. The predicted octanol–water partition coefficient (Wildman–Crippen LogP) is 6.66. The van der Waals surface area contributed by atoms with Crippen LogP contribution in [0, 0.1) is 0 Å². The van der Waals surface area contributed by atoms with Crippen LogP contribution < -0.4 is 9.91 Å². The number of anilines is 2. The zero-order valence-electron chi connectivity index (χ0n) is 18.2. The van der Waals surface area contributed by atoms with Crippen LogP contribution in [0.4, 0.5) is 10.8 Å². The number of hydrogen-bond donors (Lipinski definition) is 0. The number of aromatic nitrogens is 1. The summed E-state index contributed by atoms with van der Waals surface area (Å²) in [5.41, 5.74) is 4.53. The second-order valence-electron chi connectivity index (χ2n) is 8.04. The summed E-state index contributed by atoms with van der Waals surface area (Å²) in [5, 5.41) is 8.16. The first-order valence-corrected chi connectivity index (χ1v) is 13.0. The third kappa shape index (κ3) is 3.35. The van der Waals surface area contributed by atoms with Crippen LogP contribution in [0.25, 0.3) is 16.3 Å². The Morgan fingerprint density at radius 3 is 2.62 bits per heavy atom. The molecule has 2 aliphatic heterocycles. The molecule has 1 fully saturated rings. The van der Waals surface area contributed by atoms with Crippen molar-refractivity contribution in [1.29, 1.82) is 0 Å². The van der Waals surface area contributed by atoms with Gasteiger partial charge >= 0.3 is 0 Å². The molecule has 0 aliphatic carbocycles. The summed E-state index contributed by atoms with van der Waals surface area (Å²) >= 11 is 9.44. The maximum Gasteiger partial charge on any atom is 0.241 e. The third-order valence-electron chi connectivity index (χ3n) is 5.86. The van der Waals surface area contributed by atoms with Gasteiger partial charge in [-0.2, -0.15) is 5.10 Å². The van der Waals surface area contributed by atoms with Crippen molar-refractivity contribution >= 4 is 73.4 Å². The maximum absolute atomic E-state index is 13.5. The Morgan fingerprint density at radius 1 is 1.03 bits per heavy atom. The molecule has 1 amide bonds. The fourth-order valence-electron chi connectivity index (χ4n) is 4.38. The van der Waals surface area contributed by atoms with Gasteiger partial charge in [-0.05, 0) is 48.9 Å². The number of fused-ring (bicyclic) bond motifs is 1. The number of hydrogen-bond acceptors (Lipinski definition) is 6. The molecule has 1 aromatic heterocycles. The van der Waals surface area contributed by atoms with E-state index in [1.165, 1.54) is 11.3 Å². The molecule has 34 heavy (non-hydrogen) atoms. The molecular formula is C26H19ClN4OS2. The van der Waals surface area contributed by atoms with Crippen molar-refractivity contribution in [2.75, 3.05) is 15.7 Å². The van der Waals surface area contributed by atoms with E-state index in [1.54, 1.807) is 11.8 Å². The summed E-state index contributed by atoms with van der Waals surface area (Å²) in [7, 11) is 0. The molecule has 4 aromatic rings. The van der Waals surface area contributed by atoms with Crippen molar-refractivity contribution in [2.45, 2.75) is 11.9 Å². The number of rotatable bonds is 3. The van der Waals surface area contributed by atoms with Gasteiger partial charge in [0.05, 0.1) is 27.4 Å². The second kappa shape index (κ2) is 8.27. The van der Waals surface area contributed by atoms with Crippen LogP contribution in [0.5, 0.6) is 0 Å². The monoisotopic (exact) mass is 502 g/mol. The van der Waals surface area contributed by atoms with E-state index >= 15 is 0 Å². The molecule has 8 heteroatoms. The lowest BCUT2D eigenvalue weighted by Crippen LogP contribution is -2.54. The Hall–Kier alpha value is -3.13. The Labute approximate surface area is 210 Å². The van der Waals surface area contributed by atoms with Crippen molar-refractivity contribution in [3.8, 4) is 0 Å². The zero-order chi connectivity index (χ0) is 23.3. The summed E-state index contributed by atoms with van der Waals surface area (Å²) in [6.45, 7) is 1.99. The number of halogens is 1. The number of para-hydroxylation sites is 1. The first-order chi connectivity index (χ1) is 16.6. The van der Waals surface area contributed by atoms with Gasteiger partial charge in [0.2, 0.25) is 10.9 Å². The average Bonchev–Trinajstić information content (AvgIpc) is 3.49. The van der Waals surface area contributed by atoms with Gasteiger partial charge in [0.25, 0.3) is 0 Å². The van der Waals surface area contributed by atoms with E-state index in [1.807, 2.05) is 83.6 Å². The van der Waals surface area contributed by atoms with Crippen LogP contribution in [0.15, 0.2) is 89.5 Å². The number of thiazole rings is 1. The van der Waals surface area contributed by atoms with Crippen LogP contribution in [0.2, 0.25) is 5.02 Å². The minimum Gasteiger partial charge on any atom is -0.273 e. The summed E-state index contributed by atoms with van der Waals surface area (Å²) in [5.74, 6) is 0.321. The first-order valence-electron chi connectivity index (χ1n) is 10.8. The van der Waals surface area contributed by atoms with E-state index in [9.17, 15) is 4.79 Å². The normalized spacial score (nSPS) is 21.3. The molecular weight excluding hydrogens is 484 g/mol. The van der Waals surface area contributed by atoms with Crippen molar-refractivity contribution < 1.29 is 4.79 Å². The zero-order valence-corrected chi connectivity index (χ0v) is 20.6. The van der Waals surface area contributed by atoms with E-state index < -0.39 is 4.99 Å². The third-order valence-corrected chi connectivity index (χ3v) is 8.49. The number of benzene rings is 3. The SMILES string of the molecule is CC1=NN(c2cccc(Cl)c2)C2(SCC(=O)N2c2nc3ccccc3s2)/C1=C\c1ccccc1. The number of carbonyl (C=O) groups excluding carboxylic acids is 1. The number of hydrazone groups is 1. The van der Waals surface area contributed by atoms with E-state index in [2.05, 4.69) is 18.2 Å². The lowest BCUT2D eigenvalue weighted by atomic mass is 10.0. The molecule has 168 valence electrons. The maximum atomic E-state index is 13.5. The molecule has 6 rings (SSSR count). The molecule has 0 saturated carbocycles. The summed E-state index contributed by atoms with van der Waals surface area (Å²) in [6, 6.07) is 25.7. The topological polar surface area (TPSA) is 48.8 Å². The van der Waals surface area contributed by atoms with Gasteiger partial charge in [-0.1, -0.05) is 83.2 Å². The quantitative estimate of drug-likeness (QED) is 0.314. The van der Waals surface area contributed by atoms with Crippen molar-refractivity contribution in [3.05, 3.63) is 95.0 Å². The largest absolute Gasteiger partial charge is 0.273 e. The molecule has 0 radical (unpaired) electrons. The summed E-state index contributed by atoms with van der Waals surface area (Å²) < 4.78 is 1.04. The molecule has 0 bridgehead atoms. The molecule has 3 heterocycles. The van der Waals surface area contributed by atoms with E-state index in [4.69, 9.17) is 21.7 Å². The molecule has 5 nitrogen and oxygen atoms in total. The minimum atomic E-state index is -0.907. The van der Waals surface area contributed by atoms with Gasteiger partial charge in [-0.25, -0.2) is 14.9 Å². The minimum absolute atomic E-state index is 0.0000501. The Bertz CT molecular complexity index is 1450. The molecule has 1 unspecified atom stereocenters. The highest BCUT2D eigenvalue weighted by Crippen LogP contribution is 2.54. The number of nitrogens with zero attached hydrogens (tertiary/aromatic N) is 4. The van der Waals surface area contributed by atoms with Crippen LogP contribution in [-0.4, -0.2) is 27.4 Å². The molecule has 1 spiro atoms. The van der Waals surface area contributed by atoms with Crippen molar-refractivity contribution in [2.24, 2.45) is 5.10 Å². The number of carbonyl (C=O) groups is 1. The Morgan fingerprint density at radius 2 is 1.82 bits per heavy atom. The lowest BCUT2D eigenvalue weighted by Gasteiger charge is -2.40. The summed E-state index contributed by atoms with van der Waals surface area (Å²) in [4.78, 5) is 19.3. The number of thioether (sulfide) groups is 1. The van der Waals surface area contributed by atoms with E-state index in [0.717, 1.165) is 32.8 Å². The lowest BCUT2D eigenvalue weighted by molar-refractivity contribution is -0.116. The summed E-state index contributed by atoms with van der Waals surface area (Å²) in [6.07, 6.45) is 2.12. The number of amides is 1. The van der Waals surface area contributed by atoms with Gasteiger partial charge in [0.15, 0.2) is 5.13 Å². The highest BCUT2D eigenvalue weighted by Gasteiger charge is 2.59. The van der Waals surface area contributed by atoms with E-state index in [0.29, 0.717) is 15.9 Å². The van der Waals surface area contributed by atoms with Crippen molar-refractivity contribution in [1.82, 2.24) is 4.98 Å². The van der Waals surface area contributed by atoms with Crippen LogP contribution >= 0.6 is 34.7 Å². The predicted molar refractivity (Wildman–Crippen MR) is 144 cm³/mol. The smallest absolute Gasteiger partial charge is 0.241 e. The van der Waals surface area contributed by atoms with Gasteiger partial charge in [-0.3, -0.25) is 4.79 Å². The fourth-order valence-corrected chi connectivity index (χ4v) is 7.06. The van der Waals surface area contributed by atoms with Gasteiger partial charge in [0.1, 0.15) is 0 Å². The molecule has 1 atom stereocenters. The molecule has 1 saturated heterocycles. The van der Waals surface area contributed by atoms with Gasteiger partial charge in [0, 0.05) is 10.6 Å². The fraction of sp³-hybridized carbons (Fsp3) is 0.115. The Kier molecular flexibility index (Phi) is 5.21. The van der Waals surface area contributed by atoms with Gasteiger partial charge < -0.3 is 0 Å². The Balaban J connectivity index is 1.59.